The largest absolute Gasteiger partial charge is 0.454 e. The Hall–Kier alpha value is -3.67. The van der Waals surface area contributed by atoms with Crippen LogP contribution in [0.5, 0.6) is 0 Å². The Morgan fingerprint density at radius 1 is 0.828 bits per heavy atom. The van der Waals surface area contributed by atoms with Gasteiger partial charge in [0.1, 0.15) is 0 Å². The predicted octanol–water partition coefficient (Wildman–Crippen LogP) is 4.09. The summed E-state index contributed by atoms with van der Waals surface area (Å²) in [4.78, 5) is 35.5. The van der Waals surface area contributed by atoms with E-state index < -0.39 is 5.97 Å². The third kappa shape index (κ3) is 4.79. The molecular weight excluding hydrogens is 368 g/mol. The summed E-state index contributed by atoms with van der Waals surface area (Å²) in [6.45, 7) is 5.09. The monoisotopic (exact) mass is 390 g/mol. The number of nitrogens with one attached hydrogen (secondary N) is 1. The van der Waals surface area contributed by atoms with Gasteiger partial charge in [-0.3, -0.25) is 9.59 Å². The summed E-state index contributed by atoms with van der Waals surface area (Å²) in [7, 11) is 0. The third-order valence-corrected chi connectivity index (χ3v) is 4.49. The first-order valence-electron chi connectivity index (χ1n) is 9.18. The van der Waals surface area contributed by atoms with Gasteiger partial charge in [0.05, 0.1) is 5.56 Å². The predicted molar refractivity (Wildman–Crippen MR) is 111 cm³/mol. The van der Waals surface area contributed by atoms with Crippen molar-refractivity contribution in [3.63, 3.8) is 0 Å². The maximum atomic E-state index is 12.3. The van der Waals surface area contributed by atoms with Gasteiger partial charge in [-0.1, -0.05) is 0 Å². The van der Waals surface area contributed by atoms with E-state index in [4.69, 9.17) is 4.74 Å². The van der Waals surface area contributed by atoms with E-state index in [1.807, 2.05) is 38.1 Å². The minimum atomic E-state index is -0.555. The third-order valence-electron chi connectivity index (χ3n) is 4.49. The Kier molecular flexibility index (Phi) is 5.93. The molecule has 1 aromatic heterocycles. The number of hydrogen-bond donors (Lipinski definition) is 1. The van der Waals surface area contributed by atoms with Gasteiger partial charge in [0.2, 0.25) is 5.91 Å². The van der Waals surface area contributed by atoms with Gasteiger partial charge >= 0.3 is 5.97 Å². The summed E-state index contributed by atoms with van der Waals surface area (Å²) < 4.78 is 7.24. The number of ketones is 1. The van der Waals surface area contributed by atoms with Crippen LogP contribution in [0.1, 0.15) is 39.0 Å². The lowest BCUT2D eigenvalue weighted by molar-refractivity contribution is -0.114. The summed E-state index contributed by atoms with van der Waals surface area (Å²) in [6, 6.07) is 17.5. The number of aryl methyl sites for hydroxylation is 2. The van der Waals surface area contributed by atoms with Gasteiger partial charge in [-0.05, 0) is 74.5 Å². The van der Waals surface area contributed by atoms with E-state index in [0.29, 0.717) is 16.8 Å². The molecule has 0 fully saturated rings. The number of aromatic nitrogens is 1. The minimum Gasteiger partial charge on any atom is -0.454 e. The van der Waals surface area contributed by atoms with E-state index in [0.717, 1.165) is 17.1 Å². The van der Waals surface area contributed by atoms with Crippen molar-refractivity contribution in [2.45, 2.75) is 20.8 Å². The van der Waals surface area contributed by atoms with Crippen molar-refractivity contribution in [1.29, 1.82) is 0 Å². The fourth-order valence-electron chi connectivity index (χ4n) is 3.06. The van der Waals surface area contributed by atoms with Gasteiger partial charge in [0.15, 0.2) is 12.4 Å². The van der Waals surface area contributed by atoms with Crippen LogP contribution in [-0.2, 0) is 9.53 Å². The zero-order valence-electron chi connectivity index (χ0n) is 16.6. The Balaban J connectivity index is 1.60. The molecule has 0 saturated heterocycles. The minimum absolute atomic E-state index is 0.189. The van der Waals surface area contributed by atoms with Crippen molar-refractivity contribution in [3.05, 3.63) is 83.2 Å². The summed E-state index contributed by atoms with van der Waals surface area (Å²) >= 11 is 0. The molecule has 1 amide bonds. The van der Waals surface area contributed by atoms with E-state index in [-0.39, 0.29) is 18.3 Å². The number of carbonyl (C=O) groups excluding carboxylic acids is 3. The number of Topliss-reactive ketones (excluding diaryl/α,β-unsaturated/α-hetero) is 1. The number of hydrogen-bond acceptors (Lipinski definition) is 4. The number of amides is 1. The van der Waals surface area contributed by atoms with Crippen LogP contribution in [0, 0.1) is 13.8 Å². The van der Waals surface area contributed by atoms with Crippen LogP contribution < -0.4 is 5.32 Å². The SMILES string of the molecule is CC(=O)Nc1ccc(C(=O)COC(=O)c2ccc(-n3c(C)ccc3C)cc2)cc1. The standard InChI is InChI=1S/C23H22N2O4/c1-15-4-5-16(2)25(15)21-12-8-19(9-13-21)23(28)29-14-22(27)18-6-10-20(11-7-18)24-17(3)26/h4-13H,14H2,1-3H3,(H,24,26). The lowest BCUT2D eigenvalue weighted by Gasteiger charge is -2.10. The highest BCUT2D eigenvalue weighted by atomic mass is 16.5. The van der Waals surface area contributed by atoms with Crippen LogP contribution in [0.15, 0.2) is 60.7 Å². The lowest BCUT2D eigenvalue weighted by Crippen LogP contribution is -2.14. The molecule has 0 bridgehead atoms. The maximum Gasteiger partial charge on any atom is 0.338 e. The van der Waals surface area contributed by atoms with E-state index in [1.165, 1.54) is 6.92 Å². The lowest BCUT2D eigenvalue weighted by atomic mass is 10.1. The first-order valence-corrected chi connectivity index (χ1v) is 9.18. The molecule has 1 N–H and O–H groups in total. The first kappa shape index (κ1) is 20.1. The van der Waals surface area contributed by atoms with E-state index in [2.05, 4.69) is 9.88 Å². The molecule has 0 saturated carbocycles. The van der Waals surface area contributed by atoms with Crippen molar-refractivity contribution < 1.29 is 19.1 Å². The smallest absolute Gasteiger partial charge is 0.338 e. The fraction of sp³-hybridized carbons (Fsp3) is 0.174. The molecule has 3 aromatic rings. The van der Waals surface area contributed by atoms with Crippen LogP contribution in [0.3, 0.4) is 0 Å². The van der Waals surface area contributed by atoms with Crippen molar-refractivity contribution >= 4 is 23.3 Å². The number of rotatable bonds is 6. The van der Waals surface area contributed by atoms with Crippen LogP contribution >= 0.6 is 0 Å². The second-order valence-corrected chi connectivity index (χ2v) is 6.76. The highest BCUT2D eigenvalue weighted by Gasteiger charge is 2.13. The van der Waals surface area contributed by atoms with Crippen molar-refractivity contribution in [2.75, 3.05) is 11.9 Å². The molecule has 0 aliphatic rings. The number of carbonyl (C=O) groups is 3. The van der Waals surface area contributed by atoms with Gasteiger partial charge in [-0.2, -0.15) is 0 Å². The highest BCUT2D eigenvalue weighted by Crippen LogP contribution is 2.17. The van der Waals surface area contributed by atoms with Gasteiger partial charge < -0.3 is 14.6 Å². The van der Waals surface area contributed by atoms with Crippen molar-refractivity contribution in [2.24, 2.45) is 0 Å². The average Bonchev–Trinajstić information content (AvgIpc) is 3.04. The van der Waals surface area contributed by atoms with E-state index in [1.54, 1.807) is 36.4 Å². The highest BCUT2D eigenvalue weighted by molar-refractivity contribution is 6.00. The van der Waals surface area contributed by atoms with Crippen LogP contribution in [0.4, 0.5) is 5.69 Å². The van der Waals surface area contributed by atoms with Crippen LogP contribution in [-0.4, -0.2) is 28.8 Å². The summed E-state index contributed by atoms with van der Waals surface area (Å²) in [5, 5.41) is 2.63. The maximum absolute atomic E-state index is 12.3. The molecular formula is C23H22N2O4. The molecule has 6 nitrogen and oxygen atoms in total. The fourth-order valence-corrected chi connectivity index (χ4v) is 3.06. The topological polar surface area (TPSA) is 77.4 Å². The normalized spacial score (nSPS) is 10.4. The molecule has 0 aliphatic heterocycles. The Morgan fingerprint density at radius 3 is 1.93 bits per heavy atom. The second-order valence-electron chi connectivity index (χ2n) is 6.76. The van der Waals surface area contributed by atoms with Gasteiger partial charge in [-0.15, -0.1) is 0 Å². The zero-order chi connectivity index (χ0) is 21.0. The van der Waals surface area contributed by atoms with Gasteiger partial charge in [0.25, 0.3) is 0 Å². The quantitative estimate of drug-likeness (QED) is 0.508. The zero-order valence-corrected chi connectivity index (χ0v) is 16.6. The number of nitrogens with zero attached hydrogens (tertiary/aromatic N) is 1. The number of anilines is 1. The molecule has 3 rings (SSSR count). The molecule has 29 heavy (non-hydrogen) atoms. The summed E-state index contributed by atoms with van der Waals surface area (Å²) in [6.07, 6.45) is 0. The number of ether oxygens (including phenoxy) is 1. The Labute approximate surface area is 169 Å². The van der Waals surface area contributed by atoms with Gasteiger partial charge in [-0.25, -0.2) is 4.79 Å². The average molecular weight is 390 g/mol. The molecule has 2 aromatic carbocycles. The molecule has 6 heteroatoms. The summed E-state index contributed by atoms with van der Waals surface area (Å²) in [5.74, 6) is -1.06. The van der Waals surface area contributed by atoms with Crippen molar-refractivity contribution in [3.8, 4) is 5.69 Å². The van der Waals surface area contributed by atoms with E-state index in [9.17, 15) is 14.4 Å². The molecule has 0 unspecified atom stereocenters. The van der Waals surface area contributed by atoms with Crippen LogP contribution in [0.2, 0.25) is 0 Å². The van der Waals surface area contributed by atoms with E-state index >= 15 is 0 Å². The molecule has 0 aliphatic carbocycles. The summed E-state index contributed by atoms with van der Waals surface area (Å²) in [5.41, 5.74) is 4.54. The first-order chi connectivity index (χ1) is 13.8. The van der Waals surface area contributed by atoms with Gasteiger partial charge in [0, 0.05) is 35.2 Å². The molecule has 0 radical (unpaired) electrons. The molecule has 0 spiro atoms. The molecule has 148 valence electrons. The van der Waals surface area contributed by atoms with Crippen molar-refractivity contribution in [1.82, 2.24) is 4.57 Å². The molecule has 0 atom stereocenters. The number of benzene rings is 2. The Morgan fingerprint density at radius 2 is 1.38 bits per heavy atom. The number of esters is 1. The van der Waals surface area contributed by atoms with Crippen LogP contribution in [0.25, 0.3) is 5.69 Å². The molecule has 1 heterocycles. The Bertz CT molecular complexity index is 1030. The second kappa shape index (κ2) is 8.56.